The van der Waals surface area contributed by atoms with Gasteiger partial charge in [-0.1, -0.05) is 35.3 Å². The van der Waals surface area contributed by atoms with Gasteiger partial charge in [0.2, 0.25) is 0 Å². The fourth-order valence-corrected chi connectivity index (χ4v) is 2.99. The van der Waals surface area contributed by atoms with Crippen molar-refractivity contribution < 1.29 is 9.90 Å². The van der Waals surface area contributed by atoms with Crippen molar-refractivity contribution in [3.8, 4) is 0 Å². The quantitative estimate of drug-likeness (QED) is 0.932. The molecule has 1 aliphatic rings. The first kappa shape index (κ1) is 15.1. The van der Waals surface area contributed by atoms with Gasteiger partial charge in [0.1, 0.15) is 0 Å². The van der Waals surface area contributed by atoms with Crippen LogP contribution in [0.5, 0.6) is 0 Å². The van der Waals surface area contributed by atoms with Crippen molar-refractivity contribution >= 4 is 35.0 Å². The van der Waals surface area contributed by atoms with Crippen LogP contribution in [0.25, 0.3) is 0 Å². The summed E-state index contributed by atoms with van der Waals surface area (Å²) < 4.78 is 0. The lowest BCUT2D eigenvalue weighted by Gasteiger charge is -2.16. The Morgan fingerprint density at radius 1 is 1.09 bits per heavy atom. The molecule has 114 valence electrons. The third-order valence-electron chi connectivity index (χ3n) is 3.88. The first-order valence-electron chi connectivity index (χ1n) is 6.77. The fourth-order valence-electron chi connectivity index (χ4n) is 2.77. The molecule has 3 rings (SSSR count). The molecule has 7 heteroatoms. The number of rotatable bonds is 3. The van der Waals surface area contributed by atoms with E-state index in [-0.39, 0.29) is 5.92 Å². The number of carboxylic acid groups (broad SMARTS) is 1. The van der Waals surface area contributed by atoms with Crippen LogP contribution in [0.3, 0.4) is 0 Å². The Morgan fingerprint density at radius 2 is 1.82 bits per heavy atom. The Bertz CT molecular complexity index is 676. The normalized spacial score (nSPS) is 21.1. The van der Waals surface area contributed by atoms with Gasteiger partial charge >= 0.3 is 5.97 Å². The van der Waals surface area contributed by atoms with Crippen molar-refractivity contribution in [1.82, 2.24) is 10.2 Å². The molecule has 0 bridgehead atoms. The van der Waals surface area contributed by atoms with Crippen molar-refractivity contribution in [1.29, 1.82) is 0 Å². The van der Waals surface area contributed by atoms with Crippen molar-refractivity contribution in [2.24, 2.45) is 5.92 Å². The van der Waals surface area contributed by atoms with Gasteiger partial charge in [0, 0.05) is 24.0 Å². The van der Waals surface area contributed by atoms with Crippen LogP contribution in [0.15, 0.2) is 36.4 Å². The zero-order chi connectivity index (χ0) is 15.7. The number of benzene rings is 1. The van der Waals surface area contributed by atoms with E-state index >= 15 is 0 Å². The maximum Gasteiger partial charge on any atom is 0.308 e. The van der Waals surface area contributed by atoms with E-state index in [1.807, 2.05) is 17.0 Å². The molecule has 5 nitrogen and oxygen atoms in total. The van der Waals surface area contributed by atoms with Crippen LogP contribution in [-0.4, -0.2) is 34.4 Å². The van der Waals surface area contributed by atoms with E-state index in [2.05, 4.69) is 10.2 Å². The molecule has 1 fully saturated rings. The van der Waals surface area contributed by atoms with Crippen molar-refractivity contribution in [3.05, 3.63) is 52.1 Å². The first-order valence-corrected chi connectivity index (χ1v) is 7.52. The average molecular weight is 338 g/mol. The monoisotopic (exact) mass is 337 g/mol. The largest absolute Gasteiger partial charge is 0.481 e. The number of carbonyl (C=O) groups is 1. The number of carboxylic acids is 1. The van der Waals surface area contributed by atoms with Crippen LogP contribution in [0.2, 0.25) is 10.2 Å². The van der Waals surface area contributed by atoms with Crippen LogP contribution in [-0.2, 0) is 4.79 Å². The van der Waals surface area contributed by atoms with E-state index in [4.69, 9.17) is 23.2 Å². The van der Waals surface area contributed by atoms with E-state index in [1.165, 1.54) is 0 Å². The highest BCUT2D eigenvalue weighted by atomic mass is 35.5. The molecule has 0 aliphatic carbocycles. The summed E-state index contributed by atoms with van der Waals surface area (Å²) in [7, 11) is 0. The van der Waals surface area contributed by atoms with Gasteiger partial charge in [-0.05, 0) is 29.8 Å². The molecular formula is C15H13Cl2N3O2. The molecular weight excluding hydrogens is 325 g/mol. The number of halogens is 2. The lowest BCUT2D eigenvalue weighted by Crippen LogP contribution is -2.23. The smallest absolute Gasteiger partial charge is 0.308 e. The highest BCUT2D eigenvalue weighted by molar-refractivity contribution is 6.30. The molecule has 1 aliphatic heterocycles. The van der Waals surface area contributed by atoms with Crippen LogP contribution in [0, 0.1) is 5.92 Å². The number of anilines is 1. The van der Waals surface area contributed by atoms with Crippen LogP contribution in [0.4, 0.5) is 5.82 Å². The maximum absolute atomic E-state index is 11.6. The molecule has 0 saturated carbocycles. The summed E-state index contributed by atoms with van der Waals surface area (Å²) in [5.41, 5.74) is 0.959. The second kappa shape index (κ2) is 6.10. The Kier molecular flexibility index (Phi) is 4.18. The minimum atomic E-state index is -0.815. The molecule has 22 heavy (non-hydrogen) atoms. The Balaban J connectivity index is 1.87. The highest BCUT2D eigenvalue weighted by Crippen LogP contribution is 2.35. The van der Waals surface area contributed by atoms with Crippen molar-refractivity contribution in [2.75, 3.05) is 18.0 Å². The summed E-state index contributed by atoms with van der Waals surface area (Å²) in [6, 6.07) is 10.7. The van der Waals surface area contributed by atoms with Gasteiger partial charge in [-0.25, -0.2) is 0 Å². The molecule has 0 spiro atoms. The molecule has 1 saturated heterocycles. The molecule has 0 unspecified atom stereocenters. The number of hydrogen-bond acceptors (Lipinski definition) is 4. The second-order valence-electron chi connectivity index (χ2n) is 5.22. The lowest BCUT2D eigenvalue weighted by molar-refractivity contribution is -0.141. The number of aliphatic carboxylic acids is 1. The van der Waals surface area contributed by atoms with Gasteiger partial charge in [0.25, 0.3) is 0 Å². The summed E-state index contributed by atoms with van der Waals surface area (Å²) in [5, 5.41) is 18.3. The zero-order valence-corrected chi connectivity index (χ0v) is 13.0. The first-order chi connectivity index (χ1) is 10.5. The van der Waals surface area contributed by atoms with E-state index in [0.29, 0.717) is 29.1 Å². The molecule has 2 heterocycles. The summed E-state index contributed by atoms with van der Waals surface area (Å²) >= 11 is 11.6. The van der Waals surface area contributed by atoms with Gasteiger partial charge in [0.15, 0.2) is 11.0 Å². The molecule has 0 amide bonds. The number of hydrogen-bond donors (Lipinski definition) is 1. The molecule has 2 aromatic rings. The Labute approximate surface area is 137 Å². The summed E-state index contributed by atoms with van der Waals surface area (Å²) in [6.07, 6.45) is 0. The predicted octanol–water partition coefficient (Wildman–Crippen LogP) is 3.09. The zero-order valence-electron chi connectivity index (χ0n) is 11.5. The lowest BCUT2D eigenvalue weighted by atomic mass is 9.89. The maximum atomic E-state index is 11.6. The van der Waals surface area contributed by atoms with E-state index in [0.717, 1.165) is 5.56 Å². The van der Waals surface area contributed by atoms with Gasteiger partial charge < -0.3 is 10.0 Å². The van der Waals surface area contributed by atoms with Crippen LogP contribution < -0.4 is 4.90 Å². The molecule has 1 N–H and O–H groups in total. The van der Waals surface area contributed by atoms with Gasteiger partial charge in [0.05, 0.1) is 5.92 Å². The van der Waals surface area contributed by atoms with E-state index < -0.39 is 11.9 Å². The van der Waals surface area contributed by atoms with E-state index in [1.54, 1.807) is 24.3 Å². The molecule has 2 atom stereocenters. The molecule has 1 aromatic heterocycles. The van der Waals surface area contributed by atoms with Gasteiger partial charge in [-0.3, -0.25) is 4.79 Å². The predicted molar refractivity (Wildman–Crippen MR) is 84.6 cm³/mol. The van der Waals surface area contributed by atoms with Gasteiger partial charge in [-0.15, -0.1) is 10.2 Å². The second-order valence-corrected chi connectivity index (χ2v) is 6.05. The highest BCUT2D eigenvalue weighted by Gasteiger charge is 2.39. The Morgan fingerprint density at radius 3 is 2.41 bits per heavy atom. The topological polar surface area (TPSA) is 66.3 Å². The third kappa shape index (κ3) is 3.00. The SMILES string of the molecule is O=C(O)[C@@H]1CN(c2ccc(Cl)nn2)C[C@H]1c1ccc(Cl)cc1. The number of aromatic nitrogens is 2. The van der Waals surface area contributed by atoms with E-state index in [9.17, 15) is 9.90 Å². The summed E-state index contributed by atoms with van der Waals surface area (Å²) in [6.45, 7) is 0.952. The van der Waals surface area contributed by atoms with Crippen LogP contribution >= 0.6 is 23.2 Å². The minimum absolute atomic E-state index is 0.118. The van der Waals surface area contributed by atoms with Crippen LogP contribution in [0.1, 0.15) is 11.5 Å². The minimum Gasteiger partial charge on any atom is -0.481 e. The average Bonchev–Trinajstić information content (AvgIpc) is 2.94. The fraction of sp³-hybridized carbons (Fsp3) is 0.267. The number of nitrogens with zero attached hydrogens (tertiary/aromatic N) is 3. The third-order valence-corrected chi connectivity index (χ3v) is 4.33. The molecule has 1 aromatic carbocycles. The van der Waals surface area contributed by atoms with Gasteiger partial charge in [-0.2, -0.15) is 0 Å². The van der Waals surface area contributed by atoms with Crippen molar-refractivity contribution in [2.45, 2.75) is 5.92 Å². The summed E-state index contributed by atoms with van der Waals surface area (Å²) in [4.78, 5) is 13.5. The summed E-state index contributed by atoms with van der Waals surface area (Å²) in [5.74, 6) is -0.803. The standard InChI is InChI=1S/C15H13Cl2N3O2/c16-10-3-1-9(2-4-10)11-7-20(8-12(11)15(21)22)14-6-5-13(17)18-19-14/h1-6,11-12H,7-8H2,(H,21,22)/t11-,12+/m0/s1. The molecule has 0 radical (unpaired) electrons. The Hall–Kier alpha value is -1.85. The van der Waals surface area contributed by atoms with Crippen molar-refractivity contribution in [3.63, 3.8) is 0 Å².